The van der Waals surface area contributed by atoms with Crippen molar-refractivity contribution in [3.8, 4) is 0 Å². The third-order valence-electron chi connectivity index (χ3n) is 15.2. The molecule has 0 radical (unpaired) electrons. The lowest BCUT2D eigenvalue weighted by atomic mass is 10.0. The van der Waals surface area contributed by atoms with Crippen molar-refractivity contribution in [1.29, 1.82) is 0 Å². The Morgan fingerprint density at radius 1 is 0.270 bits per heavy atom. The molecular formula is C68H128O6. The molecule has 0 aromatic heterocycles. The molecule has 1 atom stereocenters. The smallest absolute Gasteiger partial charge is 0.306 e. The molecule has 0 bridgehead atoms. The first-order valence-electron chi connectivity index (χ1n) is 33.3. The van der Waals surface area contributed by atoms with Gasteiger partial charge in [-0.15, -0.1) is 0 Å². The van der Waals surface area contributed by atoms with Crippen molar-refractivity contribution in [3.63, 3.8) is 0 Å². The molecule has 0 N–H and O–H groups in total. The minimum Gasteiger partial charge on any atom is -0.462 e. The van der Waals surface area contributed by atoms with Crippen LogP contribution in [0.2, 0.25) is 0 Å². The molecule has 6 nitrogen and oxygen atoms in total. The zero-order valence-electron chi connectivity index (χ0n) is 50.1. The number of hydrogen-bond acceptors (Lipinski definition) is 6. The molecule has 0 saturated heterocycles. The summed E-state index contributed by atoms with van der Waals surface area (Å²) in [6.45, 7) is 6.68. The maximum atomic E-state index is 12.9. The van der Waals surface area contributed by atoms with Gasteiger partial charge in [0.15, 0.2) is 6.10 Å². The van der Waals surface area contributed by atoms with E-state index in [1.165, 1.54) is 270 Å². The topological polar surface area (TPSA) is 78.9 Å². The lowest BCUT2D eigenvalue weighted by Gasteiger charge is -2.18. The van der Waals surface area contributed by atoms with E-state index in [2.05, 4.69) is 45.1 Å². The molecule has 0 aromatic rings. The summed E-state index contributed by atoms with van der Waals surface area (Å²) in [5, 5.41) is 0. The molecule has 0 heterocycles. The zero-order chi connectivity index (χ0) is 53.6. The summed E-state index contributed by atoms with van der Waals surface area (Å²) in [4.78, 5) is 38.2. The van der Waals surface area contributed by atoms with Gasteiger partial charge < -0.3 is 14.2 Å². The van der Waals surface area contributed by atoms with Crippen molar-refractivity contribution in [2.75, 3.05) is 13.2 Å². The number of carbonyl (C=O) groups is 3. The summed E-state index contributed by atoms with van der Waals surface area (Å²) < 4.78 is 16.9. The normalized spacial score (nSPS) is 12.1. The van der Waals surface area contributed by atoms with E-state index in [1.807, 2.05) is 0 Å². The predicted molar refractivity (Wildman–Crippen MR) is 321 cm³/mol. The van der Waals surface area contributed by atoms with Gasteiger partial charge in [0, 0.05) is 19.3 Å². The molecule has 0 fully saturated rings. The minimum atomic E-state index is -0.764. The molecule has 0 aromatic carbocycles. The SMILES string of the molecule is CCCCCCC/C=C\C/C=C\CCCCCCCCCCCCCCCCCCCCCC(=O)OCC(COC(=O)CCCCCCCCCCCC)OC(=O)CCCCCCCCCCCCCCCCC. The van der Waals surface area contributed by atoms with E-state index in [0.717, 1.165) is 64.2 Å². The molecule has 0 rings (SSSR count). The van der Waals surface area contributed by atoms with Crippen LogP contribution in [0.3, 0.4) is 0 Å². The first-order valence-corrected chi connectivity index (χ1v) is 33.3. The third-order valence-corrected chi connectivity index (χ3v) is 15.2. The van der Waals surface area contributed by atoms with Crippen LogP contribution in [0.5, 0.6) is 0 Å². The van der Waals surface area contributed by atoms with E-state index in [-0.39, 0.29) is 31.1 Å². The Labute approximate surface area is 462 Å². The molecule has 0 aliphatic rings. The Bertz CT molecular complexity index is 1190. The number of ether oxygens (including phenoxy) is 3. The van der Waals surface area contributed by atoms with Crippen LogP contribution in [0.1, 0.15) is 374 Å². The second-order valence-corrected chi connectivity index (χ2v) is 22.7. The van der Waals surface area contributed by atoms with Gasteiger partial charge in [0.2, 0.25) is 0 Å². The lowest BCUT2D eigenvalue weighted by molar-refractivity contribution is -0.167. The minimum absolute atomic E-state index is 0.0637. The average molecular weight is 1040 g/mol. The highest BCUT2D eigenvalue weighted by atomic mass is 16.6. The predicted octanol–water partition coefficient (Wildman–Crippen LogP) is 22.6. The Morgan fingerprint density at radius 3 is 0.743 bits per heavy atom. The molecule has 0 aliphatic heterocycles. The average Bonchev–Trinajstić information content (AvgIpc) is 3.40. The van der Waals surface area contributed by atoms with Crippen molar-refractivity contribution in [2.45, 2.75) is 380 Å². The van der Waals surface area contributed by atoms with Gasteiger partial charge >= 0.3 is 17.9 Å². The van der Waals surface area contributed by atoms with Crippen LogP contribution >= 0.6 is 0 Å². The van der Waals surface area contributed by atoms with Crippen LogP contribution in [0.15, 0.2) is 24.3 Å². The highest BCUT2D eigenvalue weighted by Crippen LogP contribution is 2.18. The molecule has 6 heteroatoms. The van der Waals surface area contributed by atoms with Gasteiger partial charge in [-0.25, -0.2) is 0 Å². The third kappa shape index (κ3) is 60.8. The van der Waals surface area contributed by atoms with Gasteiger partial charge in [0.25, 0.3) is 0 Å². The summed E-state index contributed by atoms with van der Waals surface area (Å²) in [5.74, 6) is -0.837. The van der Waals surface area contributed by atoms with E-state index < -0.39 is 6.10 Å². The Kier molecular flexibility index (Phi) is 61.6. The number of allylic oxidation sites excluding steroid dienone is 4. The fourth-order valence-electron chi connectivity index (χ4n) is 10.2. The maximum absolute atomic E-state index is 12.9. The van der Waals surface area contributed by atoms with Gasteiger partial charge in [-0.3, -0.25) is 14.4 Å². The monoisotopic (exact) mass is 1040 g/mol. The van der Waals surface area contributed by atoms with E-state index in [9.17, 15) is 14.4 Å². The van der Waals surface area contributed by atoms with Gasteiger partial charge in [-0.2, -0.15) is 0 Å². The number of carbonyl (C=O) groups excluding carboxylic acids is 3. The van der Waals surface area contributed by atoms with Crippen LogP contribution in [0.25, 0.3) is 0 Å². The quantitative estimate of drug-likeness (QED) is 0.0261. The molecule has 0 aliphatic carbocycles. The van der Waals surface area contributed by atoms with E-state index in [1.54, 1.807) is 0 Å². The first-order chi connectivity index (χ1) is 36.5. The summed E-state index contributed by atoms with van der Waals surface area (Å²) in [6.07, 6.45) is 76.4. The molecular weight excluding hydrogens is 913 g/mol. The van der Waals surface area contributed by atoms with Crippen molar-refractivity contribution in [3.05, 3.63) is 24.3 Å². The molecule has 0 saturated carbocycles. The summed E-state index contributed by atoms with van der Waals surface area (Å²) in [6, 6.07) is 0. The summed E-state index contributed by atoms with van der Waals surface area (Å²) in [5.41, 5.74) is 0. The molecule has 0 amide bonds. The van der Waals surface area contributed by atoms with Crippen molar-refractivity contribution in [2.24, 2.45) is 0 Å². The van der Waals surface area contributed by atoms with Gasteiger partial charge in [0.05, 0.1) is 0 Å². The molecule has 74 heavy (non-hydrogen) atoms. The molecule has 0 spiro atoms. The van der Waals surface area contributed by atoms with Crippen LogP contribution in [-0.2, 0) is 28.6 Å². The van der Waals surface area contributed by atoms with Gasteiger partial charge in [-0.1, -0.05) is 328 Å². The van der Waals surface area contributed by atoms with Crippen molar-refractivity contribution >= 4 is 17.9 Å². The second kappa shape index (κ2) is 63.4. The van der Waals surface area contributed by atoms with Crippen LogP contribution in [-0.4, -0.2) is 37.2 Å². The van der Waals surface area contributed by atoms with Gasteiger partial charge in [0.1, 0.15) is 13.2 Å². The summed E-state index contributed by atoms with van der Waals surface area (Å²) in [7, 11) is 0. The van der Waals surface area contributed by atoms with Crippen molar-refractivity contribution < 1.29 is 28.6 Å². The Morgan fingerprint density at radius 2 is 0.486 bits per heavy atom. The summed E-state index contributed by atoms with van der Waals surface area (Å²) >= 11 is 0. The van der Waals surface area contributed by atoms with Crippen molar-refractivity contribution in [1.82, 2.24) is 0 Å². The number of esters is 3. The second-order valence-electron chi connectivity index (χ2n) is 22.7. The fourth-order valence-corrected chi connectivity index (χ4v) is 10.2. The van der Waals surface area contributed by atoms with Crippen LogP contribution < -0.4 is 0 Å². The molecule has 436 valence electrons. The highest BCUT2D eigenvalue weighted by Gasteiger charge is 2.19. The number of hydrogen-bond donors (Lipinski definition) is 0. The largest absolute Gasteiger partial charge is 0.462 e. The van der Waals surface area contributed by atoms with E-state index in [4.69, 9.17) is 14.2 Å². The standard InChI is InChI=1S/C68H128O6/c1-4-7-10-13-16-19-22-24-26-27-28-29-30-31-32-33-34-35-36-37-38-39-40-41-43-44-46-49-52-55-58-61-67(70)73-64-65(63-72-66(69)60-57-54-51-48-21-18-15-12-9-6-3)74-68(71)62-59-56-53-50-47-45-42-25-23-20-17-14-11-8-5-2/h22,24,27-28,65H,4-21,23,25-26,29-64H2,1-3H3/b24-22-,28-27-. The van der Waals surface area contributed by atoms with Crippen LogP contribution in [0, 0.1) is 0 Å². The van der Waals surface area contributed by atoms with E-state index in [0.29, 0.717) is 19.3 Å². The van der Waals surface area contributed by atoms with Gasteiger partial charge in [-0.05, 0) is 51.4 Å². The van der Waals surface area contributed by atoms with E-state index >= 15 is 0 Å². The zero-order valence-corrected chi connectivity index (χ0v) is 50.1. The lowest BCUT2D eigenvalue weighted by Crippen LogP contribution is -2.30. The first kappa shape index (κ1) is 71.9. The Hall–Kier alpha value is -2.11. The Balaban J connectivity index is 4.05. The fraction of sp³-hybridized carbons (Fsp3) is 0.897. The maximum Gasteiger partial charge on any atom is 0.306 e. The number of rotatable bonds is 62. The highest BCUT2D eigenvalue weighted by molar-refractivity contribution is 5.71. The number of unbranched alkanes of at least 4 members (excludes halogenated alkanes) is 47. The van der Waals surface area contributed by atoms with Crippen LogP contribution in [0.4, 0.5) is 0 Å². The molecule has 1 unspecified atom stereocenters.